The van der Waals surface area contributed by atoms with Gasteiger partial charge < -0.3 is 0 Å². The Kier molecular flexibility index (Phi) is 3.08. The Morgan fingerprint density at radius 3 is 2.67 bits per heavy atom. The standard InChI is InChI=1S/C17H13NOS2/c19-16-15(21-17(20)18(16)14-7-8-14)10-11-5-6-12-3-1-2-4-13(12)9-11/h1-6,9-10,14H,7-8H2. The third kappa shape index (κ3) is 2.39. The number of amides is 1. The van der Waals surface area contributed by atoms with E-state index >= 15 is 0 Å². The molecule has 0 radical (unpaired) electrons. The van der Waals surface area contributed by atoms with Crippen LogP contribution >= 0.6 is 24.0 Å². The second-order valence-corrected chi connectivity index (χ2v) is 7.07. The van der Waals surface area contributed by atoms with E-state index in [4.69, 9.17) is 12.2 Å². The highest BCUT2D eigenvalue weighted by molar-refractivity contribution is 8.26. The first-order chi connectivity index (χ1) is 10.2. The number of hydrogen-bond donors (Lipinski definition) is 0. The van der Waals surface area contributed by atoms with E-state index in [1.807, 2.05) is 24.3 Å². The largest absolute Gasteiger partial charge is 0.290 e. The fourth-order valence-electron chi connectivity index (χ4n) is 2.58. The van der Waals surface area contributed by atoms with Gasteiger partial charge in [-0.05, 0) is 41.3 Å². The lowest BCUT2D eigenvalue weighted by atomic mass is 10.1. The second-order valence-electron chi connectivity index (χ2n) is 5.39. The van der Waals surface area contributed by atoms with Crippen molar-refractivity contribution in [1.82, 2.24) is 4.90 Å². The van der Waals surface area contributed by atoms with Gasteiger partial charge in [0.1, 0.15) is 4.32 Å². The fraction of sp³-hybridized carbons (Fsp3) is 0.176. The highest BCUT2D eigenvalue weighted by Crippen LogP contribution is 2.40. The van der Waals surface area contributed by atoms with Gasteiger partial charge in [-0.25, -0.2) is 0 Å². The van der Waals surface area contributed by atoms with Crippen molar-refractivity contribution in [2.45, 2.75) is 18.9 Å². The summed E-state index contributed by atoms with van der Waals surface area (Å²) in [6.45, 7) is 0. The molecule has 0 unspecified atom stereocenters. The Balaban J connectivity index is 1.69. The molecule has 4 heteroatoms. The molecule has 2 fully saturated rings. The summed E-state index contributed by atoms with van der Waals surface area (Å²) in [6.07, 6.45) is 4.11. The van der Waals surface area contributed by atoms with Gasteiger partial charge in [0.25, 0.3) is 5.91 Å². The zero-order chi connectivity index (χ0) is 14.4. The van der Waals surface area contributed by atoms with Crippen molar-refractivity contribution in [3.8, 4) is 0 Å². The second kappa shape index (κ2) is 4.97. The number of hydrogen-bond acceptors (Lipinski definition) is 3. The Morgan fingerprint density at radius 2 is 1.90 bits per heavy atom. The van der Waals surface area contributed by atoms with Crippen molar-refractivity contribution >= 4 is 51.1 Å². The van der Waals surface area contributed by atoms with Crippen molar-refractivity contribution in [3.05, 3.63) is 52.9 Å². The van der Waals surface area contributed by atoms with Crippen LogP contribution in [0.15, 0.2) is 47.4 Å². The third-order valence-electron chi connectivity index (χ3n) is 3.81. The summed E-state index contributed by atoms with van der Waals surface area (Å²) in [4.78, 5) is 14.9. The zero-order valence-electron chi connectivity index (χ0n) is 11.3. The average Bonchev–Trinajstić information content (AvgIpc) is 3.27. The lowest BCUT2D eigenvalue weighted by molar-refractivity contribution is -0.122. The van der Waals surface area contributed by atoms with E-state index in [9.17, 15) is 4.79 Å². The number of thioether (sulfide) groups is 1. The number of thiocarbonyl (C=S) groups is 1. The Hall–Kier alpha value is -1.65. The van der Waals surface area contributed by atoms with Gasteiger partial charge in [-0.3, -0.25) is 9.69 Å². The molecule has 0 N–H and O–H groups in total. The maximum atomic E-state index is 12.4. The predicted molar refractivity (Wildman–Crippen MR) is 92.0 cm³/mol. The third-order valence-corrected chi connectivity index (χ3v) is 5.14. The molecule has 1 saturated carbocycles. The average molecular weight is 311 g/mol. The molecule has 2 aromatic carbocycles. The fourth-order valence-corrected chi connectivity index (χ4v) is 3.98. The van der Waals surface area contributed by atoms with E-state index in [0.29, 0.717) is 10.4 Å². The van der Waals surface area contributed by atoms with E-state index in [-0.39, 0.29) is 5.91 Å². The molecule has 104 valence electrons. The van der Waals surface area contributed by atoms with Gasteiger partial charge in [0, 0.05) is 6.04 Å². The van der Waals surface area contributed by atoms with Crippen LogP contribution in [0.2, 0.25) is 0 Å². The van der Waals surface area contributed by atoms with Crippen LogP contribution in [-0.2, 0) is 4.79 Å². The lowest BCUT2D eigenvalue weighted by Crippen LogP contribution is -2.30. The van der Waals surface area contributed by atoms with Crippen LogP contribution in [0.25, 0.3) is 16.8 Å². The quantitative estimate of drug-likeness (QED) is 0.612. The molecule has 2 aromatic rings. The van der Waals surface area contributed by atoms with E-state index < -0.39 is 0 Å². The maximum Gasteiger partial charge on any atom is 0.266 e. The molecule has 0 atom stereocenters. The first kappa shape index (κ1) is 13.0. The van der Waals surface area contributed by atoms with Crippen LogP contribution < -0.4 is 0 Å². The number of nitrogens with zero attached hydrogens (tertiary/aromatic N) is 1. The van der Waals surface area contributed by atoms with E-state index in [0.717, 1.165) is 23.3 Å². The number of fused-ring (bicyclic) bond motifs is 1. The topological polar surface area (TPSA) is 20.3 Å². The molecule has 2 nitrogen and oxygen atoms in total. The molecule has 0 bridgehead atoms. The van der Waals surface area contributed by atoms with Crippen molar-refractivity contribution in [3.63, 3.8) is 0 Å². The van der Waals surface area contributed by atoms with Crippen molar-refractivity contribution < 1.29 is 4.79 Å². The molecule has 1 saturated heterocycles. The minimum atomic E-state index is 0.0701. The Labute approximate surface area is 132 Å². The normalized spacial score (nSPS) is 20.8. The van der Waals surface area contributed by atoms with Crippen LogP contribution in [0.5, 0.6) is 0 Å². The highest BCUT2D eigenvalue weighted by atomic mass is 32.2. The molecule has 2 aliphatic rings. The predicted octanol–water partition coefficient (Wildman–Crippen LogP) is 4.20. The van der Waals surface area contributed by atoms with Crippen LogP contribution in [0.3, 0.4) is 0 Å². The van der Waals surface area contributed by atoms with Gasteiger partial charge in [0.05, 0.1) is 4.91 Å². The Morgan fingerprint density at radius 1 is 1.14 bits per heavy atom. The zero-order valence-corrected chi connectivity index (χ0v) is 12.9. The summed E-state index contributed by atoms with van der Waals surface area (Å²) >= 11 is 6.75. The highest BCUT2D eigenvalue weighted by Gasteiger charge is 2.41. The van der Waals surface area contributed by atoms with E-state index in [2.05, 4.69) is 24.3 Å². The molecule has 1 heterocycles. The smallest absolute Gasteiger partial charge is 0.266 e. The molecular weight excluding hydrogens is 298 g/mol. The molecule has 4 rings (SSSR count). The van der Waals surface area contributed by atoms with Crippen LogP contribution in [0, 0.1) is 0 Å². The summed E-state index contributed by atoms with van der Waals surface area (Å²) in [6, 6.07) is 14.8. The molecule has 1 aliphatic carbocycles. The van der Waals surface area contributed by atoms with Crippen LogP contribution in [-0.4, -0.2) is 21.2 Å². The van der Waals surface area contributed by atoms with E-state index in [1.54, 1.807) is 4.90 Å². The first-order valence-corrected chi connectivity index (χ1v) is 8.21. The molecule has 21 heavy (non-hydrogen) atoms. The lowest BCUT2D eigenvalue weighted by Gasteiger charge is -2.11. The summed E-state index contributed by atoms with van der Waals surface area (Å²) in [5.41, 5.74) is 1.05. The molecular formula is C17H13NOS2. The number of carbonyl (C=O) groups excluding carboxylic acids is 1. The Bertz CT molecular complexity index is 792. The summed E-state index contributed by atoms with van der Waals surface area (Å²) in [5, 5.41) is 2.39. The minimum absolute atomic E-state index is 0.0701. The van der Waals surface area contributed by atoms with Crippen molar-refractivity contribution in [2.24, 2.45) is 0 Å². The summed E-state index contributed by atoms with van der Waals surface area (Å²) in [5.74, 6) is 0.0701. The maximum absolute atomic E-state index is 12.4. The van der Waals surface area contributed by atoms with Gasteiger partial charge in [0.15, 0.2) is 0 Å². The van der Waals surface area contributed by atoms with Crippen LogP contribution in [0.4, 0.5) is 0 Å². The van der Waals surface area contributed by atoms with Gasteiger partial charge in [-0.1, -0.05) is 60.4 Å². The van der Waals surface area contributed by atoms with Gasteiger partial charge in [-0.15, -0.1) is 0 Å². The first-order valence-electron chi connectivity index (χ1n) is 6.98. The van der Waals surface area contributed by atoms with Gasteiger partial charge in [0.2, 0.25) is 0 Å². The number of benzene rings is 2. The van der Waals surface area contributed by atoms with Crippen LogP contribution in [0.1, 0.15) is 18.4 Å². The van der Waals surface area contributed by atoms with Crippen molar-refractivity contribution in [1.29, 1.82) is 0 Å². The summed E-state index contributed by atoms with van der Waals surface area (Å²) < 4.78 is 0.703. The van der Waals surface area contributed by atoms with E-state index in [1.165, 1.54) is 22.5 Å². The van der Waals surface area contributed by atoms with Gasteiger partial charge >= 0.3 is 0 Å². The summed E-state index contributed by atoms with van der Waals surface area (Å²) in [7, 11) is 0. The minimum Gasteiger partial charge on any atom is -0.290 e. The monoisotopic (exact) mass is 311 g/mol. The molecule has 1 amide bonds. The molecule has 0 aromatic heterocycles. The van der Waals surface area contributed by atoms with Crippen molar-refractivity contribution in [2.75, 3.05) is 0 Å². The number of rotatable bonds is 2. The van der Waals surface area contributed by atoms with Gasteiger partial charge in [-0.2, -0.15) is 0 Å². The molecule has 0 spiro atoms. The number of carbonyl (C=O) groups is 1. The molecule has 1 aliphatic heterocycles. The SMILES string of the molecule is O=C1C(=Cc2ccc3ccccc3c2)SC(=S)N1C1CC1.